The number of hydrogen-bond acceptors (Lipinski definition) is 5. The van der Waals surface area contributed by atoms with Gasteiger partial charge in [0.05, 0.1) is 12.5 Å². The van der Waals surface area contributed by atoms with Crippen molar-refractivity contribution in [2.75, 3.05) is 6.61 Å². The highest BCUT2D eigenvalue weighted by molar-refractivity contribution is 6.76. The lowest BCUT2D eigenvalue weighted by atomic mass is 9.97. The lowest BCUT2D eigenvalue weighted by Gasteiger charge is -2.15. The minimum absolute atomic E-state index is 0.162. The van der Waals surface area contributed by atoms with Gasteiger partial charge in [0, 0.05) is 8.07 Å². The fourth-order valence-corrected chi connectivity index (χ4v) is 3.76. The van der Waals surface area contributed by atoms with Crippen molar-refractivity contribution in [2.45, 2.75) is 65.4 Å². The predicted octanol–water partition coefficient (Wildman–Crippen LogP) is 6.59. The second-order valence-corrected chi connectivity index (χ2v) is 15.4. The van der Waals surface area contributed by atoms with Crippen molar-refractivity contribution in [1.82, 2.24) is 0 Å². The fourth-order valence-electron chi connectivity index (χ4n) is 3.05. The summed E-state index contributed by atoms with van der Waals surface area (Å²) in [4.78, 5) is 24.2. The molecule has 2 rings (SSSR count). The molecule has 0 spiro atoms. The van der Waals surface area contributed by atoms with Crippen molar-refractivity contribution in [3.05, 3.63) is 65.2 Å². The average Bonchev–Trinajstić information content (AvgIpc) is 2.71. The van der Waals surface area contributed by atoms with E-state index in [9.17, 15) is 9.59 Å². The Balaban J connectivity index is 1.79. The molecule has 0 aliphatic heterocycles. The van der Waals surface area contributed by atoms with Crippen LogP contribution < -0.4 is 4.74 Å². The quantitative estimate of drug-likeness (QED) is 0.229. The highest BCUT2D eigenvalue weighted by atomic mass is 28.3. The lowest BCUT2D eigenvalue weighted by molar-refractivity contribution is -0.146. The molecule has 32 heavy (non-hydrogen) atoms. The molecular weight excluding hydrogens is 420 g/mol. The molecule has 0 N–H and O–H groups in total. The molecule has 0 amide bonds. The molecule has 6 heteroatoms. The molecule has 0 aliphatic rings. The van der Waals surface area contributed by atoms with Gasteiger partial charge in [0.1, 0.15) is 12.4 Å². The molecular formula is C26H36O5Si. The van der Waals surface area contributed by atoms with E-state index in [1.54, 1.807) is 24.3 Å². The van der Waals surface area contributed by atoms with Gasteiger partial charge < -0.3 is 14.2 Å². The van der Waals surface area contributed by atoms with Crippen molar-refractivity contribution >= 4 is 20.2 Å². The maximum atomic E-state index is 12.5. The van der Waals surface area contributed by atoms with Crippen LogP contribution in [-0.2, 0) is 27.3 Å². The van der Waals surface area contributed by atoms with Crippen LogP contribution in [0.15, 0.2) is 48.5 Å². The monoisotopic (exact) mass is 456 g/mol. The zero-order valence-corrected chi connectivity index (χ0v) is 21.1. The summed E-state index contributed by atoms with van der Waals surface area (Å²) in [5, 5.41) is 0. The van der Waals surface area contributed by atoms with Crippen molar-refractivity contribution in [3.63, 3.8) is 0 Å². The van der Waals surface area contributed by atoms with E-state index in [2.05, 4.69) is 45.6 Å². The van der Waals surface area contributed by atoms with Crippen LogP contribution in [0, 0.1) is 5.92 Å². The van der Waals surface area contributed by atoms with E-state index in [0.29, 0.717) is 18.3 Å². The topological polar surface area (TPSA) is 61.8 Å². The Morgan fingerprint density at radius 3 is 2.00 bits per heavy atom. The van der Waals surface area contributed by atoms with E-state index in [4.69, 9.17) is 14.2 Å². The van der Waals surface area contributed by atoms with Gasteiger partial charge in [-0.1, -0.05) is 69.9 Å². The third-order valence-electron chi connectivity index (χ3n) is 5.05. The largest absolute Gasteiger partial charge is 0.513 e. The number of ether oxygens (including phenoxy) is 3. The molecule has 2 aromatic carbocycles. The molecule has 0 heterocycles. The van der Waals surface area contributed by atoms with Crippen LogP contribution in [0.5, 0.6) is 5.75 Å². The highest BCUT2D eigenvalue weighted by Gasteiger charge is 2.17. The third kappa shape index (κ3) is 9.26. The second kappa shape index (κ2) is 11.9. The minimum Gasteiger partial charge on any atom is -0.460 e. The molecule has 0 bridgehead atoms. The minimum atomic E-state index is -1.25. The maximum Gasteiger partial charge on any atom is 0.513 e. The van der Waals surface area contributed by atoms with Crippen molar-refractivity contribution < 1.29 is 23.8 Å². The molecule has 174 valence electrons. The zero-order chi connectivity index (χ0) is 23.7. The van der Waals surface area contributed by atoms with Crippen LogP contribution in [0.3, 0.4) is 0 Å². The number of carbonyl (C=O) groups is 2. The van der Waals surface area contributed by atoms with E-state index < -0.39 is 14.2 Å². The van der Waals surface area contributed by atoms with Crippen LogP contribution in [-0.4, -0.2) is 26.8 Å². The summed E-state index contributed by atoms with van der Waals surface area (Å²) >= 11 is 0. The molecule has 0 aromatic heterocycles. The van der Waals surface area contributed by atoms with E-state index in [-0.39, 0.29) is 18.5 Å². The zero-order valence-electron chi connectivity index (χ0n) is 20.1. The van der Waals surface area contributed by atoms with Crippen molar-refractivity contribution in [1.29, 1.82) is 0 Å². The summed E-state index contributed by atoms with van der Waals surface area (Å²) in [7, 11) is -1.25. The van der Waals surface area contributed by atoms with Gasteiger partial charge in [-0.3, -0.25) is 4.79 Å². The van der Waals surface area contributed by atoms with E-state index in [1.807, 2.05) is 19.1 Å². The van der Waals surface area contributed by atoms with Gasteiger partial charge in [-0.05, 0) is 54.1 Å². The van der Waals surface area contributed by atoms with Gasteiger partial charge >= 0.3 is 12.1 Å². The van der Waals surface area contributed by atoms with Gasteiger partial charge in [0.25, 0.3) is 0 Å². The number of hydrogen-bond donors (Lipinski definition) is 0. The normalized spacial score (nSPS) is 12.3. The number of benzene rings is 2. The van der Waals surface area contributed by atoms with Gasteiger partial charge in [-0.2, -0.15) is 0 Å². The summed E-state index contributed by atoms with van der Waals surface area (Å²) in [6, 6.07) is 15.9. The second-order valence-electron chi connectivity index (χ2n) is 9.82. The standard InChI is InChI=1S/C26H36O5Si/c1-19(2)17-21-7-11-23(12-8-21)20(3)25(27)30-18-22-9-13-24(14-10-22)31-26(28)29-15-16-32(4,5)6/h7-14,19-20H,15-18H2,1-6H3. The van der Waals surface area contributed by atoms with Crippen molar-refractivity contribution in [3.8, 4) is 5.75 Å². The van der Waals surface area contributed by atoms with Crippen LogP contribution in [0.2, 0.25) is 25.7 Å². The molecule has 0 aliphatic carbocycles. The Kier molecular flexibility index (Phi) is 9.51. The summed E-state index contributed by atoms with van der Waals surface area (Å²) in [5.74, 6) is 0.387. The first-order valence-electron chi connectivity index (χ1n) is 11.2. The Morgan fingerprint density at radius 1 is 0.844 bits per heavy atom. The molecule has 0 radical (unpaired) electrons. The molecule has 0 saturated heterocycles. The molecule has 5 nitrogen and oxygen atoms in total. The van der Waals surface area contributed by atoms with E-state index in [0.717, 1.165) is 23.6 Å². The Morgan fingerprint density at radius 2 is 1.44 bits per heavy atom. The predicted molar refractivity (Wildman–Crippen MR) is 130 cm³/mol. The number of rotatable bonds is 10. The first-order valence-corrected chi connectivity index (χ1v) is 14.9. The SMILES string of the molecule is CC(C)Cc1ccc(C(C)C(=O)OCc2ccc(OC(=O)OCC[Si](C)(C)C)cc2)cc1. The van der Waals surface area contributed by atoms with Gasteiger partial charge in [-0.25, -0.2) is 4.79 Å². The van der Waals surface area contributed by atoms with Gasteiger partial charge in [0.15, 0.2) is 0 Å². The van der Waals surface area contributed by atoms with Crippen LogP contribution in [0.25, 0.3) is 0 Å². The molecule has 0 fully saturated rings. The summed E-state index contributed by atoms with van der Waals surface area (Å²) in [5.41, 5.74) is 3.03. The van der Waals surface area contributed by atoms with Gasteiger partial charge in [0.2, 0.25) is 0 Å². The average molecular weight is 457 g/mol. The molecule has 2 aromatic rings. The van der Waals surface area contributed by atoms with Crippen LogP contribution >= 0.6 is 0 Å². The Hall–Kier alpha value is -2.60. The van der Waals surface area contributed by atoms with Crippen LogP contribution in [0.1, 0.15) is 43.4 Å². The Bertz CT molecular complexity index is 867. The van der Waals surface area contributed by atoms with E-state index in [1.165, 1.54) is 5.56 Å². The van der Waals surface area contributed by atoms with Gasteiger partial charge in [-0.15, -0.1) is 0 Å². The first-order chi connectivity index (χ1) is 15.0. The summed E-state index contributed by atoms with van der Waals surface area (Å²) in [6.45, 7) is 13.4. The summed E-state index contributed by atoms with van der Waals surface area (Å²) < 4.78 is 15.8. The number of esters is 1. The fraction of sp³-hybridized carbons (Fsp3) is 0.462. The highest BCUT2D eigenvalue weighted by Crippen LogP contribution is 2.20. The third-order valence-corrected chi connectivity index (χ3v) is 6.76. The van der Waals surface area contributed by atoms with Crippen molar-refractivity contribution in [2.24, 2.45) is 5.92 Å². The smallest absolute Gasteiger partial charge is 0.460 e. The molecule has 1 atom stereocenters. The van der Waals surface area contributed by atoms with Crippen LogP contribution in [0.4, 0.5) is 4.79 Å². The number of carbonyl (C=O) groups excluding carboxylic acids is 2. The maximum absolute atomic E-state index is 12.5. The lowest BCUT2D eigenvalue weighted by Crippen LogP contribution is -2.23. The van der Waals surface area contributed by atoms with E-state index >= 15 is 0 Å². The first kappa shape index (κ1) is 25.7. The molecule has 1 unspecified atom stereocenters. The molecule has 0 saturated carbocycles. The summed E-state index contributed by atoms with van der Waals surface area (Å²) in [6.07, 6.45) is 0.324. The Labute approximate surface area is 193 Å².